The van der Waals surface area contributed by atoms with Crippen LogP contribution in [0.5, 0.6) is 0 Å². The number of hydrogen-bond acceptors (Lipinski definition) is 4. The smallest absolute Gasteiger partial charge is 0.336 e. The molecular weight excluding hydrogens is 386 g/mol. The van der Waals surface area contributed by atoms with Crippen molar-refractivity contribution in [2.24, 2.45) is 23.2 Å². The van der Waals surface area contributed by atoms with Gasteiger partial charge in [0.05, 0.1) is 5.54 Å². The molecule has 6 aliphatic rings. The number of piperidine rings is 1. The number of likely N-dealkylation sites (tertiary alicyclic amines) is 1. The molecule has 1 aliphatic heterocycles. The predicted molar refractivity (Wildman–Crippen MR) is 120 cm³/mol. The van der Waals surface area contributed by atoms with E-state index >= 15 is 0 Å². The molecule has 6 atom stereocenters. The fourth-order valence-electron chi connectivity index (χ4n) is 8.34. The van der Waals surface area contributed by atoms with Crippen molar-refractivity contribution >= 4 is 5.97 Å². The Morgan fingerprint density at radius 2 is 2.13 bits per heavy atom. The molecule has 2 bridgehead atoms. The second kappa shape index (κ2) is 6.68. The van der Waals surface area contributed by atoms with Gasteiger partial charge in [-0.25, -0.2) is 4.79 Å². The zero-order chi connectivity index (χ0) is 21.4. The molecule has 5 aliphatic carbocycles. The SMILES string of the molecule is CC(C)=C/C=C/C(=O)OC1=CC2C(C=C1)C[C@H]1N(CC3CCC3)C34CCC[C@@]2(C3)[C@]14O. The number of carbonyl (C=O) groups is 1. The zero-order valence-corrected chi connectivity index (χ0v) is 18.8. The summed E-state index contributed by atoms with van der Waals surface area (Å²) in [6.07, 6.45) is 21.3. The molecule has 4 heteroatoms. The summed E-state index contributed by atoms with van der Waals surface area (Å²) in [5, 5.41) is 12.1. The van der Waals surface area contributed by atoms with Gasteiger partial charge in [0.1, 0.15) is 11.4 Å². The summed E-state index contributed by atoms with van der Waals surface area (Å²) >= 11 is 0. The quantitative estimate of drug-likeness (QED) is 0.398. The first-order valence-electron chi connectivity index (χ1n) is 12.3. The number of fused-ring (bicyclic) bond motifs is 1. The number of esters is 1. The highest BCUT2D eigenvalue weighted by Crippen LogP contribution is 2.81. The Balaban J connectivity index is 1.24. The van der Waals surface area contributed by atoms with Crippen LogP contribution >= 0.6 is 0 Å². The van der Waals surface area contributed by atoms with E-state index in [1.54, 1.807) is 6.08 Å². The summed E-state index contributed by atoms with van der Waals surface area (Å²) in [5.74, 6) is 1.88. The second-order valence-electron chi connectivity index (χ2n) is 11.3. The molecule has 31 heavy (non-hydrogen) atoms. The van der Waals surface area contributed by atoms with Crippen molar-refractivity contribution in [2.45, 2.75) is 82.4 Å². The van der Waals surface area contributed by atoms with Gasteiger partial charge in [0.25, 0.3) is 0 Å². The lowest BCUT2D eigenvalue weighted by atomic mass is 9.26. The fourth-order valence-corrected chi connectivity index (χ4v) is 8.34. The minimum absolute atomic E-state index is 0.0325. The highest BCUT2D eigenvalue weighted by atomic mass is 16.5. The second-order valence-corrected chi connectivity index (χ2v) is 11.3. The summed E-state index contributed by atoms with van der Waals surface area (Å²) < 4.78 is 5.66. The molecule has 4 saturated carbocycles. The first kappa shape index (κ1) is 20.0. The first-order chi connectivity index (χ1) is 14.9. The lowest BCUT2D eigenvalue weighted by molar-refractivity contribution is -0.438. The number of aliphatic hydroxyl groups is 1. The Morgan fingerprint density at radius 3 is 2.87 bits per heavy atom. The van der Waals surface area contributed by atoms with Gasteiger partial charge < -0.3 is 9.84 Å². The van der Waals surface area contributed by atoms with E-state index in [9.17, 15) is 9.90 Å². The Bertz CT molecular complexity index is 923. The molecule has 6 rings (SSSR count). The van der Waals surface area contributed by atoms with Gasteiger partial charge in [0.15, 0.2) is 0 Å². The fraction of sp³-hybridized carbons (Fsp3) is 0.667. The van der Waals surface area contributed by atoms with Crippen molar-refractivity contribution in [1.29, 1.82) is 0 Å². The number of rotatable bonds is 5. The zero-order valence-electron chi connectivity index (χ0n) is 18.8. The molecule has 5 fully saturated rings. The van der Waals surface area contributed by atoms with Crippen LogP contribution in [-0.4, -0.2) is 39.7 Å². The van der Waals surface area contributed by atoms with Crippen LogP contribution in [0.3, 0.4) is 0 Å². The molecule has 0 aromatic rings. The third-order valence-corrected chi connectivity index (χ3v) is 9.70. The molecule has 166 valence electrons. The van der Waals surface area contributed by atoms with E-state index < -0.39 is 5.60 Å². The van der Waals surface area contributed by atoms with Crippen LogP contribution in [0, 0.1) is 23.2 Å². The predicted octanol–water partition coefficient (Wildman–Crippen LogP) is 4.67. The molecule has 1 heterocycles. The normalized spacial score (nSPS) is 44.9. The Hall–Kier alpha value is -1.65. The molecule has 0 amide bonds. The standard InChI is InChI=1S/C27H35NO3/c1-18(2)6-3-9-24(29)31-21-11-10-20-14-23-27(30)25(22(20)15-21)12-5-13-26(27,17-25)28(23)16-19-7-4-8-19/h3,6,9-11,15,19-20,22-23,30H,4-5,7-8,12-14,16-17H2,1-2H3/b9-3+/t20?,22?,23-,25+,26?,27-/m1/s1. The summed E-state index contributed by atoms with van der Waals surface area (Å²) in [6, 6.07) is 0.317. The monoisotopic (exact) mass is 421 g/mol. The van der Waals surface area contributed by atoms with E-state index in [2.05, 4.69) is 17.1 Å². The Labute approximate surface area is 185 Å². The van der Waals surface area contributed by atoms with Gasteiger partial charge in [-0.05, 0) is 82.3 Å². The first-order valence-corrected chi connectivity index (χ1v) is 12.3. The van der Waals surface area contributed by atoms with Gasteiger partial charge >= 0.3 is 5.97 Å². The number of hydrogen-bond donors (Lipinski definition) is 1. The molecule has 1 saturated heterocycles. The Kier molecular flexibility index (Phi) is 4.31. The maximum absolute atomic E-state index is 12.3. The maximum Gasteiger partial charge on any atom is 0.336 e. The van der Waals surface area contributed by atoms with Gasteiger partial charge in [-0.1, -0.05) is 36.6 Å². The van der Waals surface area contributed by atoms with Crippen molar-refractivity contribution in [2.75, 3.05) is 6.54 Å². The van der Waals surface area contributed by atoms with E-state index in [1.165, 1.54) is 38.3 Å². The van der Waals surface area contributed by atoms with Gasteiger partial charge in [-0.3, -0.25) is 4.90 Å². The summed E-state index contributed by atoms with van der Waals surface area (Å²) in [6.45, 7) is 5.19. The number of carbonyl (C=O) groups excluding carboxylic acids is 1. The summed E-state index contributed by atoms with van der Waals surface area (Å²) in [5.41, 5.74) is 0.610. The van der Waals surface area contributed by atoms with Gasteiger partial charge in [-0.2, -0.15) is 0 Å². The Morgan fingerprint density at radius 1 is 1.29 bits per heavy atom. The minimum atomic E-state index is -0.538. The molecule has 1 N–H and O–H groups in total. The summed E-state index contributed by atoms with van der Waals surface area (Å²) in [4.78, 5) is 15.0. The lowest BCUT2D eigenvalue weighted by Crippen LogP contribution is -3.00. The van der Waals surface area contributed by atoms with Gasteiger partial charge in [0.2, 0.25) is 0 Å². The number of nitrogens with zero attached hydrogens (tertiary/aromatic N) is 1. The molecule has 0 radical (unpaired) electrons. The van der Waals surface area contributed by atoms with E-state index in [-0.39, 0.29) is 22.8 Å². The highest BCUT2D eigenvalue weighted by Gasteiger charge is 2.89. The van der Waals surface area contributed by atoms with Crippen molar-refractivity contribution in [3.8, 4) is 0 Å². The molecule has 3 unspecified atom stereocenters. The average molecular weight is 422 g/mol. The van der Waals surface area contributed by atoms with Crippen LogP contribution in [0.1, 0.15) is 65.2 Å². The molecule has 0 aromatic carbocycles. The van der Waals surface area contributed by atoms with Crippen molar-refractivity contribution in [3.63, 3.8) is 0 Å². The third kappa shape index (κ3) is 2.47. The van der Waals surface area contributed by atoms with Crippen LogP contribution in [0.4, 0.5) is 0 Å². The largest absolute Gasteiger partial charge is 0.424 e. The topological polar surface area (TPSA) is 49.8 Å². The third-order valence-electron chi connectivity index (χ3n) is 9.70. The van der Waals surface area contributed by atoms with Crippen LogP contribution in [0.15, 0.2) is 47.8 Å². The number of ether oxygens (including phenoxy) is 1. The van der Waals surface area contributed by atoms with Crippen LogP contribution in [-0.2, 0) is 9.53 Å². The van der Waals surface area contributed by atoms with Gasteiger partial charge in [-0.15, -0.1) is 0 Å². The van der Waals surface area contributed by atoms with E-state index in [0.717, 1.165) is 37.2 Å². The van der Waals surface area contributed by atoms with Crippen molar-refractivity contribution in [1.82, 2.24) is 4.90 Å². The molecular formula is C27H35NO3. The van der Waals surface area contributed by atoms with Gasteiger partial charge in [0, 0.05) is 24.1 Å². The number of allylic oxidation sites excluding steroid dienone is 6. The maximum atomic E-state index is 12.3. The molecule has 2 spiro atoms. The highest BCUT2D eigenvalue weighted by molar-refractivity contribution is 5.83. The van der Waals surface area contributed by atoms with Crippen LogP contribution < -0.4 is 0 Å². The van der Waals surface area contributed by atoms with E-state index in [1.807, 2.05) is 26.0 Å². The minimum Gasteiger partial charge on any atom is -0.424 e. The molecule has 0 aromatic heterocycles. The van der Waals surface area contributed by atoms with Crippen molar-refractivity contribution < 1.29 is 14.6 Å². The summed E-state index contributed by atoms with van der Waals surface area (Å²) in [7, 11) is 0. The average Bonchev–Trinajstić information content (AvgIpc) is 2.70. The van der Waals surface area contributed by atoms with E-state index in [0.29, 0.717) is 17.7 Å². The van der Waals surface area contributed by atoms with Crippen LogP contribution in [0.25, 0.3) is 0 Å². The van der Waals surface area contributed by atoms with Crippen LogP contribution in [0.2, 0.25) is 0 Å². The van der Waals surface area contributed by atoms with E-state index in [4.69, 9.17) is 4.74 Å². The lowest BCUT2D eigenvalue weighted by Gasteiger charge is -2.89. The van der Waals surface area contributed by atoms with Crippen molar-refractivity contribution in [3.05, 3.63) is 47.8 Å². The molecule has 4 nitrogen and oxygen atoms in total.